The molecule has 0 aliphatic carbocycles. The van der Waals surface area contributed by atoms with Crippen LogP contribution in [0.5, 0.6) is 0 Å². The lowest BCUT2D eigenvalue weighted by molar-refractivity contribution is 0.992. The first kappa shape index (κ1) is 11.7. The molecule has 2 nitrogen and oxygen atoms in total. The van der Waals surface area contributed by atoms with Gasteiger partial charge in [-0.1, -0.05) is 6.92 Å². The van der Waals surface area contributed by atoms with Crippen molar-refractivity contribution in [1.29, 1.82) is 0 Å². The topological polar surface area (TPSA) is 24.9 Å². The van der Waals surface area contributed by atoms with Gasteiger partial charge in [-0.05, 0) is 36.1 Å². The van der Waals surface area contributed by atoms with Gasteiger partial charge in [0.25, 0.3) is 0 Å². The third-order valence-corrected chi connectivity index (χ3v) is 4.11. The average Bonchev–Trinajstić information content (AvgIpc) is 2.76. The minimum absolute atomic E-state index is 1.05. The summed E-state index contributed by atoms with van der Waals surface area (Å²) in [6.45, 7) is 3.26. The molecule has 1 heterocycles. The Kier molecular flexibility index (Phi) is 4.48. The van der Waals surface area contributed by atoms with Crippen LogP contribution in [0.15, 0.2) is 23.7 Å². The molecule has 0 aliphatic rings. The minimum Gasteiger partial charge on any atom is -0.385 e. The van der Waals surface area contributed by atoms with E-state index in [1.807, 2.05) is 17.3 Å². The van der Waals surface area contributed by atoms with Gasteiger partial charge in [-0.15, -0.1) is 11.3 Å². The van der Waals surface area contributed by atoms with Crippen molar-refractivity contribution >= 4 is 39.0 Å². The molecule has 0 amide bonds. The molecule has 0 unspecified atom stereocenters. The third kappa shape index (κ3) is 3.12. The largest absolute Gasteiger partial charge is 0.385 e. The van der Waals surface area contributed by atoms with Crippen LogP contribution in [0.3, 0.4) is 0 Å². The lowest BCUT2D eigenvalue weighted by atomic mass is 10.3. The van der Waals surface area contributed by atoms with Crippen LogP contribution in [-0.4, -0.2) is 23.0 Å². The molecule has 4 heteroatoms. The van der Waals surface area contributed by atoms with E-state index in [2.05, 4.69) is 35.4 Å². The standard InChI is InChI=1S/C12H16N2S2/c1-2-15-7-3-6-13-10-4-5-11-12(8-10)16-9-14-11/h4-5,8-9,13H,2-3,6-7H2,1H3. The van der Waals surface area contributed by atoms with E-state index in [0.717, 1.165) is 12.1 Å². The summed E-state index contributed by atoms with van der Waals surface area (Å²) in [6, 6.07) is 6.37. The Morgan fingerprint density at radius 2 is 2.38 bits per heavy atom. The van der Waals surface area contributed by atoms with Crippen molar-refractivity contribution in [3.8, 4) is 0 Å². The summed E-state index contributed by atoms with van der Waals surface area (Å²) in [4.78, 5) is 4.27. The number of rotatable bonds is 6. The van der Waals surface area contributed by atoms with E-state index in [1.54, 1.807) is 11.3 Å². The fourth-order valence-corrected chi connectivity index (χ4v) is 2.87. The number of hydrogen-bond donors (Lipinski definition) is 1. The van der Waals surface area contributed by atoms with Gasteiger partial charge in [0.2, 0.25) is 0 Å². The first-order chi connectivity index (χ1) is 7.90. The van der Waals surface area contributed by atoms with Gasteiger partial charge >= 0.3 is 0 Å². The van der Waals surface area contributed by atoms with Crippen LogP contribution in [0.25, 0.3) is 10.2 Å². The van der Waals surface area contributed by atoms with Gasteiger partial charge in [0.05, 0.1) is 15.7 Å². The Morgan fingerprint density at radius 3 is 3.25 bits per heavy atom. The smallest absolute Gasteiger partial charge is 0.0813 e. The summed E-state index contributed by atoms with van der Waals surface area (Å²) < 4.78 is 1.26. The number of thiazole rings is 1. The zero-order valence-electron chi connectivity index (χ0n) is 9.40. The van der Waals surface area contributed by atoms with Gasteiger partial charge in [-0.3, -0.25) is 0 Å². The Balaban J connectivity index is 1.84. The van der Waals surface area contributed by atoms with Gasteiger partial charge < -0.3 is 5.32 Å². The number of fused-ring (bicyclic) bond motifs is 1. The van der Waals surface area contributed by atoms with E-state index in [0.29, 0.717) is 0 Å². The summed E-state index contributed by atoms with van der Waals surface area (Å²) in [5, 5.41) is 3.45. The summed E-state index contributed by atoms with van der Waals surface area (Å²) in [6.07, 6.45) is 1.22. The molecule has 1 aromatic carbocycles. The fourth-order valence-electron chi connectivity index (χ4n) is 1.52. The molecule has 16 heavy (non-hydrogen) atoms. The highest BCUT2D eigenvalue weighted by molar-refractivity contribution is 7.99. The van der Waals surface area contributed by atoms with Crippen LogP contribution in [-0.2, 0) is 0 Å². The summed E-state index contributed by atoms with van der Waals surface area (Å²) in [5.74, 6) is 2.46. The lowest BCUT2D eigenvalue weighted by Crippen LogP contribution is -2.02. The Bertz CT molecular complexity index is 439. The van der Waals surface area contributed by atoms with Crippen LogP contribution < -0.4 is 5.32 Å². The number of anilines is 1. The fraction of sp³-hybridized carbons (Fsp3) is 0.417. The first-order valence-corrected chi connectivity index (χ1v) is 7.58. The number of nitrogens with zero attached hydrogens (tertiary/aromatic N) is 1. The molecule has 86 valence electrons. The van der Waals surface area contributed by atoms with Gasteiger partial charge in [0.1, 0.15) is 0 Å². The molecular weight excluding hydrogens is 236 g/mol. The van der Waals surface area contributed by atoms with Crippen molar-refractivity contribution in [3.63, 3.8) is 0 Å². The Hall–Kier alpha value is -0.740. The van der Waals surface area contributed by atoms with Crippen molar-refractivity contribution in [1.82, 2.24) is 4.98 Å². The molecule has 0 saturated carbocycles. The first-order valence-electron chi connectivity index (χ1n) is 5.55. The van der Waals surface area contributed by atoms with E-state index in [1.165, 1.54) is 28.3 Å². The lowest BCUT2D eigenvalue weighted by Gasteiger charge is -2.05. The molecular formula is C12H16N2S2. The predicted molar refractivity (Wildman–Crippen MR) is 75.7 cm³/mol. The molecule has 0 aliphatic heterocycles. The maximum absolute atomic E-state index is 4.27. The SMILES string of the molecule is CCSCCCNc1ccc2ncsc2c1. The normalized spacial score (nSPS) is 10.8. The number of thioether (sulfide) groups is 1. The van der Waals surface area contributed by atoms with Gasteiger partial charge in [-0.2, -0.15) is 11.8 Å². The molecule has 0 saturated heterocycles. The van der Waals surface area contributed by atoms with Crippen molar-refractivity contribution in [2.45, 2.75) is 13.3 Å². The van der Waals surface area contributed by atoms with Crippen LogP contribution in [0, 0.1) is 0 Å². The molecule has 2 aromatic rings. The molecule has 0 bridgehead atoms. The molecule has 0 radical (unpaired) electrons. The van der Waals surface area contributed by atoms with E-state index in [9.17, 15) is 0 Å². The Morgan fingerprint density at radius 1 is 1.44 bits per heavy atom. The van der Waals surface area contributed by atoms with Gasteiger partial charge in [0.15, 0.2) is 0 Å². The monoisotopic (exact) mass is 252 g/mol. The summed E-state index contributed by atoms with van der Waals surface area (Å²) in [7, 11) is 0. The van der Waals surface area contributed by atoms with E-state index >= 15 is 0 Å². The highest BCUT2D eigenvalue weighted by atomic mass is 32.2. The number of hydrogen-bond acceptors (Lipinski definition) is 4. The van der Waals surface area contributed by atoms with Crippen LogP contribution in [0.2, 0.25) is 0 Å². The number of benzene rings is 1. The van der Waals surface area contributed by atoms with Crippen LogP contribution in [0.1, 0.15) is 13.3 Å². The number of nitrogens with one attached hydrogen (secondary N) is 1. The minimum atomic E-state index is 1.05. The highest BCUT2D eigenvalue weighted by Crippen LogP contribution is 2.21. The van der Waals surface area contributed by atoms with Crippen LogP contribution >= 0.6 is 23.1 Å². The van der Waals surface area contributed by atoms with E-state index in [4.69, 9.17) is 0 Å². The highest BCUT2D eigenvalue weighted by Gasteiger charge is 1.97. The van der Waals surface area contributed by atoms with Crippen molar-refractivity contribution in [3.05, 3.63) is 23.7 Å². The average molecular weight is 252 g/mol. The zero-order valence-corrected chi connectivity index (χ0v) is 11.0. The second-order valence-corrected chi connectivity index (χ2v) is 5.79. The zero-order chi connectivity index (χ0) is 11.2. The number of aromatic nitrogens is 1. The third-order valence-electron chi connectivity index (χ3n) is 2.33. The van der Waals surface area contributed by atoms with E-state index < -0.39 is 0 Å². The molecule has 2 rings (SSSR count). The maximum atomic E-state index is 4.27. The molecule has 0 fully saturated rings. The van der Waals surface area contributed by atoms with Crippen molar-refractivity contribution in [2.24, 2.45) is 0 Å². The van der Waals surface area contributed by atoms with E-state index in [-0.39, 0.29) is 0 Å². The van der Waals surface area contributed by atoms with Gasteiger partial charge in [-0.25, -0.2) is 4.98 Å². The summed E-state index contributed by atoms with van der Waals surface area (Å²) >= 11 is 3.69. The summed E-state index contributed by atoms with van der Waals surface area (Å²) in [5.41, 5.74) is 4.20. The molecule has 0 spiro atoms. The van der Waals surface area contributed by atoms with Gasteiger partial charge in [0, 0.05) is 12.2 Å². The predicted octanol–water partition coefficient (Wildman–Crippen LogP) is 3.85. The maximum Gasteiger partial charge on any atom is 0.0813 e. The molecule has 1 aromatic heterocycles. The van der Waals surface area contributed by atoms with Crippen molar-refractivity contribution in [2.75, 3.05) is 23.4 Å². The second-order valence-electron chi connectivity index (χ2n) is 3.51. The van der Waals surface area contributed by atoms with Crippen LogP contribution in [0.4, 0.5) is 5.69 Å². The van der Waals surface area contributed by atoms with Crippen molar-refractivity contribution < 1.29 is 0 Å². The Labute approximate surface area is 104 Å². The molecule has 1 N–H and O–H groups in total. The molecule has 0 atom stereocenters. The quantitative estimate of drug-likeness (QED) is 0.790. The second kappa shape index (κ2) is 6.11.